The molecule has 1 N–H and O–H groups in total. The minimum absolute atomic E-state index is 0.0762. The second-order valence-electron chi connectivity index (χ2n) is 7.23. The van der Waals surface area contributed by atoms with Crippen LogP contribution in [-0.4, -0.2) is 26.4 Å². The fourth-order valence-corrected chi connectivity index (χ4v) is 5.78. The highest BCUT2D eigenvalue weighted by atomic mass is 28.3. The smallest absolute Gasteiger partial charge is 0.166 e. The molecule has 0 saturated carbocycles. The van der Waals surface area contributed by atoms with Crippen LogP contribution < -0.4 is 9.92 Å². The maximum absolute atomic E-state index is 14.8. The molecule has 0 unspecified atom stereocenters. The van der Waals surface area contributed by atoms with Gasteiger partial charge < -0.3 is 9.84 Å². The van der Waals surface area contributed by atoms with E-state index in [0.717, 1.165) is 18.9 Å². The van der Waals surface area contributed by atoms with Gasteiger partial charge in [0.05, 0.1) is 14.7 Å². The summed E-state index contributed by atoms with van der Waals surface area (Å²) in [6.07, 6.45) is 2.66. The van der Waals surface area contributed by atoms with Crippen LogP contribution in [0.1, 0.15) is 26.2 Å². The Morgan fingerprint density at radius 2 is 1.65 bits per heavy atom. The molecule has 0 atom stereocenters. The van der Waals surface area contributed by atoms with Gasteiger partial charge in [-0.25, -0.2) is 8.78 Å². The lowest BCUT2D eigenvalue weighted by atomic mass is 10.0. The highest BCUT2D eigenvalue weighted by Gasteiger charge is 2.28. The summed E-state index contributed by atoms with van der Waals surface area (Å²) in [6.45, 7) is 6.80. The lowest BCUT2D eigenvalue weighted by molar-refractivity contribution is 0.233. The van der Waals surface area contributed by atoms with Crippen molar-refractivity contribution in [1.82, 2.24) is 0 Å². The van der Waals surface area contributed by atoms with Crippen molar-refractivity contribution in [2.45, 2.75) is 45.3 Å². The molecular formula is C21H28F2O2Si. The number of aliphatic hydroxyl groups is 1. The zero-order valence-corrected chi connectivity index (χ0v) is 16.8. The summed E-state index contributed by atoms with van der Waals surface area (Å²) in [5.41, 5.74) is 0.893. The van der Waals surface area contributed by atoms with E-state index in [-0.39, 0.29) is 12.2 Å². The SMILES string of the molecule is CCCC[Si](C)(C)c1ccc(-c2ccc(OCCCO)cc2)c(F)c1F. The van der Waals surface area contributed by atoms with Crippen molar-refractivity contribution < 1.29 is 18.6 Å². The summed E-state index contributed by atoms with van der Waals surface area (Å²) >= 11 is 0. The van der Waals surface area contributed by atoms with Crippen LogP contribution >= 0.6 is 0 Å². The molecule has 2 nitrogen and oxygen atoms in total. The average molecular weight is 379 g/mol. The van der Waals surface area contributed by atoms with E-state index in [9.17, 15) is 8.78 Å². The molecular weight excluding hydrogens is 350 g/mol. The zero-order chi connectivity index (χ0) is 19.2. The van der Waals surface area contributed by atoms with Gasteiger partial charge in [0.2, 0.25) is 0 Å². The number of aliphatic hydroxyl groups excluding tert-OH is 1. The summed E-state index contributed by atoms with van der Waals surface area (Å²) in [7, 11) is -1.98. The van der Waals surface area contributed by atoms with E-state index in [0.29, 0.717) is 29.5 Å². The molecule has 2 aromatic carbocycles. The van der Waals surface area contributed by atoms with Gasteiger partial charge in [-0.1, -0.05) is 63.2 Å². The Balaban J connectivity index is 2.24. The zero-order valence-electron chi connectivity index (χ0n) is 15.8. The van der Waals surface area contributed by atoms with Gasteiger partial charge in [0, 0.05) is 18.6 Å². The Hall–Kier alpha value is -1.72. The van der Waals surface area contributed by atoms with Crippen LogP contribution in [0.4, 0.5) is 8.78 Å². The standard InChI is InChI=1S/C21H28F2O2Si/c1-4-5-15-26(2,3)19-12-11-18(20(22)21(19)23)16-7-9-17(10-8-16)25-14-6-13-24/h7-12,24H,4-6,13-15H2,1-3H3. The topological polar surface area (TPSA) is 29.5 Å². The molecule has 0 spiro atoms. The van der Waals surface area contributed by atoms with Crippen molar-refractivity contribution >= 4 is 13.3 Å². The average Bonchev–Trinajstić information content (AvgIpc) is 2.63. The van der Waals surface area contributed by atoms with Crippen molar-refractivity contribution in [3.63, 3.8) is 0 Å². The molecule has 2 rings (SSSR count). The van der Waals surface area contributed by atoms with Gasteiger partial charge in [-0.05, 0) is 22.9 Å². The first-order valence-electron chi connectivity index (χ1n) is 9.23. The van der Waals surface area contributed by atoms with Gasteiger partial charge >= 0.3 is 0 Å². The monoisotopic (exact) mass is 378 g/mol. The van der Waals surface area contributed by atoms with E-state index in [4.69, 9.17) is 9.84 Å². The molecule has 2 aromatic rings. The maximum atomic E-state index is 14.8. The van der Waals surface area contributed by atoms with Crippen LogP contribution in [0.15, 0.2) is 36.4 Å². The lowest BCUT2D eigenvalue weighted by Gasteiger charge is -2.24. The van der Waals surface area contributed by atoms with Gasteiger partial charge in [-0.15, -0.1) is 0 Å². The van der Waals surface area contributed by atoms with E-state index in [1.165, 1.54) is 0 Å². The van der Waals surface area contributed by atoms with Crippen molar-refractivity contribution in [1.29, 1.82) is 0 Å². The number of hydrogen-bond acceptors (Lipinski definition) is 2. The molecule has 0 heterocycles. The quantitative estimate of drug-likeness (QED) is 0.485. The second-order valence-corrected chi connectivity index (χ2v) is 12.0. The first-order chi connectivity index (χ1) is 12.4. The van der Waals surface area contributed by atoms with Crippen LogP contribution in [0.25, 0.3) is 11.1 Å². The largest absolute Gasteiger partial charge is 0.494 e. The van der Waals surface area contributed by atoms with E-state index in [1.807, 2.05) is 0 Å². The molecule has 0 fully saturated rings. The van der Waals surface area contributed by atoms with Crippen LogP contribution in [0, 0.1) is 11.6 Å². The summed E-state index contributed by atoms with van der Waals surface area (Å²) < 4.78 is 35.0. The summed E-state index contributed by atoms with van der Waals surface area (Å²) in [4.78, 5) is 0. The highest BCUT2D eigenvalue weighted by Crippen LogP contribution is 2.27. The van der Waals surface area contributed by atoms with E-state index < -0.39 is 19.7 Å². The van der Waals surface area contributed by atoms with E-state index >= 15 is 0 Å². The predicted octanol–water partition coefficient (Wildman–Crippen LogP) is 5.11. The molecule has 0 amide bonds. The van der Waals surface area contributed by atoms with E-state index in [2.05, 4.69) is 20.0 Å². The Morgan fingerprint density at radius 1 is 0.962 bits per heavy atom. The molecule has 0 bridgehead atoms. The van der Waals surface area contributed by atoms with Gasteiger partial charge in [0.15, 0.2) is 11.6 Å². The van der Waals surface area contributed by atoms with Crippen LogP contribution in [-0.2, 0) is 0 Å². The number of ether oxygens (including phenoxy) is 1. The summed E-state index contributed by atoms with van der Waals surface area (Å²) in [5.74, 6) is -0.820. The van der Waals surface area contributed by atoms with Gasteiger partial charge in [-0.2, -0.15) is 0 Å². The Bertz CT molecular complexity index is 715. The minimum Gasteiger partial charge on any atom is -0.494 e. The molecule has 142 valence electrons. The molecule has 0 aliphatic heterocycles. The van der Waals surface area contributed by atoms with E-state index in [1.54, 1.807) is 36.4 Å². The summed E-state index contributed by atoms with van der Waals surface area (Å²) in [5, 5.41) is 9.33. The summed E-state index contributed by atoms with van der Waals surface area (Å²) in [6, 6.07) is 11.3. The number of unbranched alkanes of at least 4 members (excludes halogenated alkanes) is 1. The molecule has 0 saturated heterocycles. The lowest BCUT2D eigenvalue weighted by Crippen LogP contribution is -2.43. The van der Waals surface area contributed by atoms with Crippen LogP contribution in [0.5, 0.6) is 5.75 Å². The third kappa shape index (κ3) is 4.92. The number of hydrogen-bond donors (Lipinski definition) is 1. The van der Waals surface area contributed by atoms with Crippen molar-refractivity contribution in [3.8, 4) is 16.9 Å². The van der Waals surface area contributed by atoms with Crippen molar-refractivity contribution in [3.05, 3.63) is 48.0 Å². The molecule has 0 aromatic heterocycles. The third-order valence-corrected chi connectivity index (χ3v) is 8.15. The highest BCUT2D eigenvalue weighted by molar-refractivity contribution is 6.89. The minimum atomic E-state index is -1.98. The van der Waals surface area contributed by atoms with Gasteiger partial charge in [-0.3, -0.25) is 0 Å². The number of benzene rings is 2. The molecule has 0 aliphatic rings. The first-order valence-corrected chi connectivity index (χ1v) is 12.4. The van der Waals surface area contributed by atoms with Crippen molar-refractivity contribution in [2.75, 3.05) is 13.2 Å². The number of halogens is 2. The Kier molecular flexibility index (Phi) is 7.35. The third-order valence-electron chi connectivity index (χ3n) is 4.70. The fourth-order valence-electron chi connectivity index (χ4n) is 3.03. The van der Waals surface area contributed by atoms with Crippen molar-refractivity contribution in [2.24, 2.45) is 0 Å². The fraction of sp³-hybridized carbons (Fsp3) is 0.429. The van der Waals surface area contributed by atoms with Gasteiger partial charge in [0.1, 0.15) is 5.75 Å². The Labute approximate surface area is 155 Å². The molecule has 0 radical (unpaired) electrons. The normalized spacial score (nSPS) is 11.6. The molecule has 5 heteroatoms. The first kappa shape index (κ1) is 20.6. The van der Waals surface area contributed by atoms with Crippen LogP contribution in [0.3, 0.4) is 0 Å². The second kappa shape index (κ2) is 9.28. The predicted molar refractivity (Wildman–Crippen MR) is 106 cm³/mol. The molecule has 0 aliphatic carbocycles. The Morgan fingerprint density at radius 3 is 2.27 bits per heavy atom. The maximum Gasteiger partial charge on any atom is 0.166 e. The molecule has 26 heavy (non-hydrogen) atoms. The number of rotatable bonds is 9. The van der Waals surface area contributed by atoms with Crippen LogP contribution in [0.2, 0.25) is 19.1 Å². The van der Waals surface area contributed by atoms with Gasteiger partial charge in [0.25, 0.3) is 0 Å².